The monoisotopic (exact) mass is 725 g/mol. The smallest absolute Gasteiger partial charge is 0.262 e. The van der Waals surface area contributed by atoms with Gasteiger partial charge in [-0.05, 0) is 36.1 Å². The Kier molecular flexibility index (Phi) is 10.3. The molecule has 5 aromatic rings. The second-order valence-corrected chi connectivity index (χ2v) is 13.6. The van der Waals surface area contributed by atoms with Crippen LogP contribution in [0, 0.1) is 5.92 Å². The van der Waals surface area contributed by atoms with E-state index in [0.717, 1.165) is 39.8 Å². The standard InChI is InChI=1S/C38H37Cl2N7O4/c1-51-37-24(18-42-21-26-9-11-33(48)45-26)8-10-31(46-37)30-7-3-6-29(36(30)40)28-5-2-4-27(35(28)39)23-12-13-47-32(15-23)43-20-25(38(47)50)19-41-16-22-14-34(49)44-17-22/h2-8,10,12-13,15,20,22,26,41-42H,9,11,14,16-19,21H2,1H3,(H,44,49)(H,45,48)/t22-,26-/m1/s1. The maximum atomic E-state index is 13.3. The molecule has 2 aliphatic rings. The number of pyridine rings is 2. The van der Waals surface area contributed by atoms with Crippen LogP contribution in [0.3, 0.4) is 0 Å². The van der Waals surface area contributed by atoms with Crippen molar-refractivity contribution in [3.05, 3.63) is 105 Å². The first-order valence-corrected chi connectivity index (χ1v) is 17.6. The predicted molar refractivity (Wildman–Crippen MR) is 198 cm³/mol. The summed E-state index contributed by atoms with van der Waals surface area (Å²) in [6.45, 7) is 2.86. The van der Waals surface area contributed by atoms with E-state index < -0.39 is 0 Å². The number of nitrogens with zero attached hydrogens (tertiary/aromatic N) is 3. The highest BCUT2D eigenvalue weighted by Gasteiger charge is 2.22. The zero-order valence-electron chi connectivity index (χ0n) is 28.0. The van der Waals surface area contributed by atoms with Gasteiger partial charge in [0.05, 0.1) is 22.8 Å². The van der Waals surface area contributed by atoms with Gasteiger partial charge < -0.3 is 26.0 Å². The van der Waals surface area contributed by atoms with Crippen LogP contribution in [0.5, 0.6) is 5.88 Å². The molecule has 13 heteroatoms. The Morgan fingerprint density at radius 1 is 0.882 bits per heavy atom. The summed E-state index contributed by atoms with van der Waals surface area (Å²) >= 11 is 14.2. The van der Waals surface area contributed by atoms with Gasteiger partial charge >= 0.3 is 0 Å². The third-order valence-corrected chi connectivity index (χ3v) is 10.2. The van der Waals surface area contributed by atoms with Crippen LogP contribution < -0.4 is 31.6 Å². The summed E-state index contributed by atoms with van der Waals surface area (Å²) in [6, 6.07) is 19.2. The Hall–Kier alpha value is -4.81. The summed E-state index contributed by atoms with van der Waals surface area (Å²) in [7, 11) is 1.59. The number of nitrogens with one attached hydrogen (secondary N) is 4. The van der Waals surface area contributed by atoms with Crippen molar-refractivity contribution in [2.45, 2.75) is 38.4 Å². The first-order chi connectivity index (χ1) is 24.8. The normalized spacial score (nSPS) is 17.2. The van der Waals surface area contributed by atoms with Crippen LogP contribution in [0.2, 0.25) is 10.0 Å². The van der Waals surface area contributed by atoms with Crippen LogP contribution in [-0.4, -0.2) is 59.0 Å². The molecule has 11 nitrogen and oxygen atoms in total. The molecule has 2 amide bonds. The van der Waals surface area contributed by atoms with Gasteiger partial charge in [0.1, 0.15) is 5.65 Å². The number of hydrogen-bond donors (Lipinski definition) is 4. The highest BCUT2D eigenvalue weighted by Crippen LogP contribution is 2.42. The minimum absolute atomic E-state index is 0.0607. The molecule has 3 aromatic heterocycles. The molecule has 2 saturated heterocycles. The number of hydrogen-bond acceptors (Lipinski definition) is 8. The molecule has 262 valence electrons. The van der Waals surface area contributed by atoms with Crippen molar-refractivity contribution >= 4 is 40.7 Å². The number of halogens is 2. The van der Waals surface area contributed by atoms with E-state index in [1.165, 1.54) is 4.40 Å². The number of amides is 2. The maximum Gasteiger partial charge on any atom is 0.262 e. The van der Waals surface area contributed by atoms with E-state index in [2.05, 4.69) is 26.3 Å². The SMILES string of the molecule is COc1nc(-c2cccc(-c3cccc(-c4ccn5c(=O)c(CNC[C@@H]6CNC(=O)C6)cnc5c4)c3Cl)c2Cl)ccc1CNC[C@H]1CCC(=O)N1. The Bertz CT molecular complexity index is 2190. The van der Waals surface area contributed by atoms with E-state index >= 15 is 0 Å². The van der Waals surface area contributed by atoms with E-state index in [-0.39, 0.29) is 29.3 Å². The molecular weight excluding hydrogens is 689 g/mol. The van der Waals surface area contributed by atoms with Crippen molar-refractivity contribution < 1.29 is 14.3 Å². The number of carbonyl (C=O) groups is 2. The van der Waals surface area contributed by atoms with Crippen molar-refractivity contribution in [1.29, 1.82) is 0 Å². The fraction of sp³-hybridized carbons (Fsp3) is 0.289. The lowest BCUT2D eigenvalue weighted by atomic mass is 9.97. The predicted octanol–water partition coefficient (Wildman–Crippen LogP) is 5.00. The number of fused-ring (bicyclic) bond motifs is 1. The van der Waals surface area contributed by atoms with E-state index in [1.807, 2.05) is 60.7 Å². The van der Waals surface area contributed by atoms with E-state index in [1.54, 1.807) is 19.5 Å². The molecule has 0 unspecified atom stereocenters. The van der Waals surface area contributed by atoms with Gasteiger partial charge in [-0.3, -0.25) is 18.8 Å². The molecule has 2 fully saturated rings. The van der Waals surface area contributed by atoms with Gasteiger partial charge in [0, 0.05) is 97.4 Å². The van der Waals surface area contributed by atoms with Crippen molar-refractivity contribution in [2.75, 3.05) is 26.7 Å². The molecule has 0 bridgehead atoms. The zero-order chi connectivity index (χ0) is 35.5. The summed E-state index contributed by atoms with van der Waals surface area (Å²) in [5.41, 5.74) is 6.23. The molecule has 0 spiro atoms. The number of ether oxygens (including phenoxy) is 1. The van der Waals surface area contributed by atoms with Crippen LogP contribution in [0.1, 0.15) is 30.4 Å². The molecule has 0 saturated carbocycles. The Labute approximate surface area is 304 Å². The second kappa shape index (κ2) is 15.2. The summed E-state index contributed by atoms with van der Waals surface area (Å²) < 4.78 is 7.17. The fourth-order valence-corrected chi connectivity index (χ4v) is 7.33. The number of methoxy groups -OCH3 is 1. The topological polar surface area (TPSA) is 139 Å². The lowest BCUT2D eigenvalue weighted by molar-refractivity contribution is -0.120. The maximum absolute atomic E-state index is 13.3. The van der Waals surface area contributed by atoms with Gasteiger partial charge in [0.25, 0.3) is 5.56 Å². The van der Waals surface area contributed by atoms with Gasteiger partial charge in [-0.1, -0.05) is 65.7 Å². The van der Waals surface area contributed by atoms with Gasteiger partial charge in [0.15, 0.2) is 0 Å². The zero-order valence-corrected chi connectivity index (χ0v) is 29.5. The molecule has 5 heterocycles. The van der Waals surface area contributed by atoms with Gasteiger partial charge in [0.2, 0.25) is 17.7 Å². The van der Waals surface area contributed by atoms with Crippen LogP contribution >= 0.6 is 23.2 Å². The molecule has 7 rings (SSSR count). The quantitative estimate of drug-likeness (QED) is 0.141. The van der Waals surface area contributed by atoms with Crippen LogP contribution in [0.4, 0.5) is 0 Å². The molecule has 2 aromatic carbocycles. The van der Waals surface area contributed by atoms with Crippen LogP contribution in [0.25, 0.3) is 39.2 Å². The van der Waals surface area contributed by atoms with Gasteiger partial charge in [-0.25, -0.2) is 9.97 Å². The Morgan fingerprint density at radius 3 is 2.33 bits per heavy atom. The van der Waals surface area contributed by atoms with Gasteiger partial charge in [-0.2, -0.15) is 0 Å². The molecular formula is C38H37Cl2N7O4. The highest BCUT2D eigenvalue weighted by atomic mass is 35.5. The molecule has 51 heavy (non-hydrogen) atoms. The third kappa shape index (κ3) is 7.48. The van der Waals surface area contributed by atoms with Crippen molar-refractivity contribution in [1.82, 2.24) is 35.6 Å². The lowest BCUT2D eigenvalue weighted by Crippen LogP contribution is -2.35. The molecule has 2 aliphatic heterocycles. The lowest BCUT2D eigenvalue weighted by Gasteiger charge is -2.16. The molecule has 0 radical (unpaired) electrons. The van der Waals surface area contributed by atoms with Crippen LogP contribution in [-0.2, 0) is 22.7 Å². The molecule has 4 N–H and O–H groups in total. The van der Waals surface area contributed by atoms with Crippen molar-refractivity contribution in [3.63, 3.8) is 0 Å². The molecule has 2 atom stereocenters. The fourth-order valence-electron chi connectivity index (χ4n) is 6.66. The van der Waals surface area contributed by atoms with E-state index in [0.29, 0.717) is 78.4 Å². The number of benzene rings is 2. The van der Waals surface area contributed by atoms with Crippen molar-refractivity contribution in [3.8, 4) is 39.4 Å². The highest BCUT2D eigenvalue weighted by molar-refractivity contribution is 6.39. The average molecular weight is 727 g/mol. The number of rotatable bonds is 12. The van der Waals surface area contributed by atoms with Crippen molar-refractivity contribution in [2.24, 2.45) is 5.92 Å². The Balaban J connectivity index is 1.10. The average Bonchev–Trinajstić information content (AvgIpc) is 3.76. The van der Waals surface area contributed by atoms with Crippen LogP contribution in [0.15, 0.2) is 77.9 Å². The second-order valence-electron chi connectivity index (χ2n) is 12.9. The summed E-state index contributed by atoms with van der Waals surface area (Å²) in [5, 5.41) is 13.5. The summed E-state index contributed by atoms with van der Waals surface area (Å²) in [6.07, 6.45) is 5.20. The molecule has 0 aliphatic carbocycles. The number of aromatic nitrogens is 3. The third-order valence-electron chi connectivity index (χ3n) is 9.39. The summed E-state index contributed by atoms with van der Waals surface area (Å²) in [4.78, 5) is 45.6. The first-order valence-electron chi connectivity index (χ1n) is 16.9. The number of carbonyl (C=O) groups excluding carboxylic acids is 2. The largest absolute Gasteiger partial charge is 0.481 e. The minimum Gasteiger partial charge on any atom is -0.481 e. The Morgan fingerprint density at radius 2 is 1.61 bits per heavy atom. The minimum atomic E-state index is -0.156. The first kappa shape index (κ1) is 34.6. The summed E-state index contributed by atoms with van der Waals surface area (Å²) in [5.74, 6) is 0.859. The van der Waals surface area contributed by atoms with Gasteiger partial charge in [-0.15, -0.1) is 0 Å². The van der Waals surface area contributed by atoms with E-state index in [9.17, 15) is 14.4 Å². The van der Waals surface area contributed by atoms with E-state index in [4.69, 9.17) is 32.9 Å².